The van der Waals surface area contributed by atoms with Crippen molar-refractivity contribution in [2.45, 2.75) is 40.3 Å². The van der Waals surface area contributed by atoms with E-state index in [1.165, 1.54) is 4.88 Å². The molecule has 0 radical (unpaired) electrons. The van der Waals surface area contributed by atoms with Gasteiger partial charge in [0.2, 0.25) is 5.91 Å². The fraction of sp³-hybridized carbons (Fsp3) is 0.333. The number of pyridine rings is 1. The Kier molecular flexibility index (Phi) is 6.01. The highest BCUT2D eigenvalue weighted by Gasteiger charge is 2.16. The molecule has 1 amide bonds. The number of amides is 1. The van der Waals surface area contributed by atoms with Crippen LogP contribution in [0.5, 0.6) is 0 Å². The Labute approximate surface area is 187 Å². The maximum Gasteiger partial charge on any atom is 0.241 e. The first-order chi connectivity index (χ1) is 14.5. The average Bonchev–Trinajstić information content (AvgIpc) is 3.43. The van der Waals surface area contributed by atoms with Crippen molar-refractivity contribution in [1.29, 1.82) is 0 Å². The molecule has 9 heteroatoms. The van der Waals surface area contributed by atoms with E-state index in [9.17, 15) is 4.79 Å². The summed E-state index contributed by atoms with van der Waals surface area (Å²) in [6, 6.07) is 6.12. The molecule has 0 bridgehead atoms. The Bertz CT molecular complexity index is 1190. The maximum atomic E-state index is 12.5. The van der Waals surface area contributed by atoms with Crippen LogP contribution < -0.4 is 5.32 Å². The number of aromatic nitrogens is 5. The summed E-state index contributed by atoms with van der Waals surface area (Å²) in [6.45, 7) is 7.46. The van der Waals surface area contributed by atoms with Gasteiger partial charge in [-0.25, -0.2) is 9.67 Å². The minimum Gasteiger partial charge on any atom is -0.354 e. The first-order valence-electron chi connectivity index (χ1n) is 9.78. The molecule has 0 spiro atoms. The van der Waals surface area contributed by atoms with Gasteiger partial charge in [0.05, 0.1) is 21.2 Å². The van der Waals surface area contributed by atoms with Crippen molar-refractivity contribution in [3.63, 3.8) is 0 Å². The number of nitrogens with one attached hydrogen (secondary N) is 1. The Hall–Kier alpha value is -2.52. The number of thiophene rings is 1. The number of carbonyl (C=O) groups is 1. The lowest BCUT2D eigenvalue weighted by Gasteiger charge is -2.07. The van der Waals surface area contributed by atoms with Crippen LogP contribution in [0.25, 0.3) is 21.5 Å². The van der Waals surface area contributed by atoms with Gasteiger partial charge in [0, 0.05) is 35.4 Å². The second kappa shape index (κ2) is 8.69. The summed E-state index contributed by atoms with van der Waals surface area (Å²) in [4.78, 5) is 18.2. The Balaban J connectivity index is 1.40. The van der Waals surface area contributed by atoms with E-state index >= 15 is 0 Å². The zero-order chi connectivity index (χ0) is 21.3. The van der Waals surface area contributed by atoms with Crippen molar-refractivity contribution in [2.24, 2.45) is 0 Å². The van der Waals surface area contributed by atoms with Crippen LogP contribution >= 0.6 is 27.3 Å². The van der Waals surface area contributed by atoms with Crippen LogP contribution in [0.2, 0.25) is 0 Å². The lowest BCUT2D eigenvalue weighted by Crippen LogP contribution is -2.29. The molecule has 4 rings (SSSR count). The number of carbonyl (C=O) groups excluding carboxylic acids is 1. The molecule has 0 aliphatic rings. The summed E-state index contributed by atoms with van der Waals surface area (Å²) in [5.41, 5.74) is 4.80. The van der Waals surface area contributed by atoms with Gasteiger partial charge >= 0.3 is 0 Å². The van der Waals surface area contributed by atoms with Crippen molar-refractivity contribution in [2.75, 3.05) is 6.54 Å². The van der Waals surface area contributed by atoms with Crippen LogP contribution in [-0.4, -0.2) is 37.0 Å². The molecule has 4 heterocycles. The Morgan fingerprint density at radius 1 is 1.17 bits per heavy atom. The largest absolute Gasteiger partial charge is 0.354 e. The molecule has 4 aromatic heterocycles. The summed E-state index contributed by atoms with van der Waals surface area (Å²) in [5, 5.41) is 15.1. The second-order valence-electron chi connectivity index (χ2n) is 7.19. The maximum absolute atomic E-state index is 12.5. The number of hydrogen-bond donors (Lipinski definition) is 1. The molecule has 0 unspecified atom stereocenters. The zero-order valence-corrected chi connectivity index (χ0v) is 19.5. The topological polar surface area (TPSA) is 77.6 Å². The first kappa shape index (κ1) is 20.7. The lowest BCUT2D eigenvalue weighted by atomic mass is 10.1. The Morgan fingerprint density at radius 2 is 1.97 bits per heavy atom. The van der Waals surface area contributed by atoms with Gasteiger partial charge in [0.25, 0.3) is 0 Å². The highest BCUT2D eigenvalue weighted by Crippen LogP contribution is 2.32. The van der Waals surface area contributed by atoms with Gasteiger partial charge in [-0.3, -0.25) is 9.48 Å². The highest BCUT2D eigenvalue weighted by molar-refractivity contribution is 9.10. The summed E-state index contributed by atoms with van der Waals surface area (Å²) in [7, 11) is 0. The van der Waals surface area contributed by atoms with Crippen LogP contribution in [0.3, 0.4) is 0 Å². The van der Waals surface area contributed by atoms with Crippen LogP contribution in [0, 0.1) is 20.8 Å². The van der Waals surface area contributed by atoms with Crippen LogP contribution in [0.4, 0.5) is 0 Å². The molecular weight excluding hydrogens is 464 g/mol. The summed E-state index contributed by atoms with van der Waals surface area (Å²) in [5.74, 6) is -0.0720. The van der Waals surface area contributed by atoms with Gasteiger partial charge in [-0.1, -0.05) is 6.07 Å². The lowest BCUT2D eigenvalue weighted by molar-refractivity contribution is -0.121. The SMILES string of the molecule is Cc1nn(CCCNC(=O)Cn2nc(C)c3c(-c4cccs4)ccnc32)c(C)c1Br. The molecule has 1 N–H and O–H groups in total. The third-order valence-electron chi connectivity index (χ3n) is 5.05. The van der Waals surface area contributed by atoms with Crippen molar-refractivity contribution < 1.29 is 4.79 Å². The fourth-order valence-corrected chi connectivity index (χ4v) is 4.61. The van der Waals surface area contributed by atoms with Crippen LogP contribution in [0.1, 0.15) is 23.5 Å². The smallest absolute Gasteiger partial charge is 0.241 e. The van der Waals surface area contributed by atoms with Gasteiger partial charge in [-0.15, -0.1) is 11.3 Å². The minimum atomic E-state index is -0.0720. The predicted molar refractivity (Wildman–Crippen MR) is 123 cm³/mol. The molecule has 156 valence electrons. The summed E-state index contributed by atoms with van der Waals surface area (Å²) >= 11 is 5.22. The van der Waals surface area contributed by atoms with E-state index in [1.807, 2.05) is 37.6 Å². The molecule has 0 atom stereocenters. The molecule has 30 heavy (non-hydrogen) atoms. The normalized spacial score (nSPS) is 11.3. The average molecular weight is 487 g/mol. The molecule has 0 aromatic carbocycles. The molecule has 0 saturated heterocycles. The molecule has 0 aliphatic heterocycles. The number of aryl methyl sites for hydroxylation is 3. The number of fused-ring (bicyclic) bond motifs is 1. The molecular formula is C21H23BrN6OS. The molecule has 7 nitrogen and oxygen atoms in total. The third kappa shape index (κ3) is 4.04. The monoisotopic (exact) mass is 486 g/mol. The van der Waals surface area contributed by atoms with Crippen molar-refractivity contribution in [1.82, 2.24) is 29.9 Å². The molecule has 0 saturated carbocycles. The fourth-order valence-electron chi connectivity index (χ4n) is 3.57. The van der Waals surface area contributed by atoms with E-state index in [0.717, 1.165) is 51.1 Å². The van der Waals surface area contributed by atoms with E-state index in [1.54, 1.807) is 22.2 Å². The minimum absolute atomic E-state index is 0.0720. The van der Waals surface area contributed by atoms with Gasteiger partial charge in [0.1, 0.15) is 6.54 Å². The second-order valence-corrected chi connectivity index (χ2v) is 8.93. The van der Waals surface area contributed by atoms with Gasteiger partial charge in [-0.05, 0) is 60.6 Å². The van der Waals surface area contributed by atoms with Crippen molar-refractivity contribution in [3.8, 4) is 10.4 Å². The van der Waals surface area contributed by atoms with E-state index in [-0.39, 0.29) is 12.5 Å². The molecule has 4 aromatic rings. The van der Waals surface area contributed by atoms with Crippen LogP contribution in [0.15, 0.2) is 34.2 Å². The van der Waals surface area contributed by atoms with Gasteiger partial charge < -0.3 is 5.32 Å². The number of halogens is 1. The Morgan fingerprint density at radius 3 is 2.67 bits per heavy atom. The quantitative estimate of drug-likeness (QED) is 0.396. The van der Waals surface area contributed by atoms with Crippen molar-refractivity contribution >= 4 is 44.2 Å². The van der Waals surface area contributed by atoms with Gasteiger partial charge in [0.15, 0.2) is 5.65 Å². The van der Waals surface area contributed by atoms with Crippen molar-refractivity contribution in [3.05, 3.63) is 51.3 Å². The third-order valence-corrected chi connectivity index (χ3v) is 7.10. The van der Waals surface area contributed by atoms with Gasteiger partial charge in [-0.2, -0.15) is 10.2 Å². The predicted octanol–water partition coefficient (Wildman–Crippen LogP) is 4.25. The number of rotatable bonds is 7. The molecule has 0 fully saturated rings. The number of hydrogen-bond acceptors (Lipinski definition) is 5. The first-order valence-corrected chi connectivity index (χ1v) is 11.4. The summed E-state index contributed by atoms with van der Waals surface area (Å²) < 4.78 is 4.70. The van der Waals surface area contributed by atoms with E-state index in [2.05, 4.69) is 47.9 Å². The van der Waals surface area contributed by atoms with E-state index in [0.29, 0.717) is 6.54 Å². The standard InChI is InChI=1S/C21H23BrN6OS/c1-13-19-16(17-6-4-11-30-17)7-9-24-21(19)28(25-13)12-18(29)23-8-5-10-27-15(3)20(22)14(2)26-27/h4,6-7,9,11H,5,8,10,12H2,1-3H3,(H,23,29). The zero-order valence-electron chi connectivity index (χ0n) is 17.1. The van der Waals surface area contributed by atoms with Crippen LogP contribution in [-0.2, 0) is 17.9 Å². The summed E-state index contributed by atoms with van der Waals surface area (Å²) in [6.07, 6.45) is 2.58. The van der Waals surface area contributed by atoms with E-state index in [4.69, 9.17) is 0 Å². The van der Waals surface area contributed by atoms with E-state index < -0.39 is 0 Å². The highest BCUT2D eigenvalue weighted by atomic mass is 79.9. The number of nitrogens with zero attached hydrogens (tertiary/aromatic N) is 5. The molecule has 0 aliphatic carbocycles.